The summed E-state index contributed by atoms with van der Waals surface area (Å²) >= 11 is 0. The van der Waals surface area contributed by atoms with Crippen LogP contribution in [0.3, 0.4) is 0 Å². The molecular formula is C25H34N4O5. The van der Waals surface area contributed by atoms with Crippen molar-refractivity contribution < 1.29 is 23.9 Å². The Labute approximate surface area is 199 Å². The van der Waals surface area contributed by atoms with Gasteiger partial charge in [0.25, 0.3) is 0 Å². The number of β-amino-alcohol motifs (C(OH)–C–C–N with tert-alkyl or cyclic N) is 1. The lowest BCUT2D eigenvalue weighted by Gasteiger charge is -2.35. The first kappa shape index (κ1) is 25.4. The van der Waals surface area contributed by atoms with Crippen LogP contribution < -0.4 is 10.6 Å². The van der Waals surface area contributed by atoms with Crippen LogP contribution in [0.15, 0.2) is 35.1 Å². The normalized spacial score (nSPS) is 20.0. The highest BCUT2D eigenvalue weighted by molar-refractivity contribution is 5.93. The molecular weight excluding hydrogens is 436 g/mol. The Kier molecular flexibility index (Phi) is 7.45. The van der Waals surface area contributed by atoms with Gasteiger partial charge in [-0.1, -0.05) is 45.0 Å². The first-order chi connectivity index (χ1) is 15.9. The Balaban J connectivity index is 1.72. The van der Waals surface area contributed by atoms with E-state index in [2.05, 4.69) is 15.6 Å². The van der Waals surface area contributed by atoms with Crippen LogP contribution in [0.1, 0.15) is 58.3 Å². The average molecular weight is 471 g/mol. The highest BCUT2D eigenvalue weighted by Crippen LogP contribution is 2.27. The third-order valence-corrected chi connectivity index (χ3v) is 6.10. The minimum atomic E-state index is -0.820. The SMILES string of the molecule is CC(=O)NC(C(=O)N1CC(O)CC1C(=O)NC(C)c1ccc(-c2ocnc2C)cc1)C(C)(C)C. The number of carbonyl (C=O) groups is 3. The van der Waals surface area contributed by atoms with Crippen molar-refractivity contribution in [2.24, 2.45) is 5.41 Å². The molecule has 9 nitrogen and oxygen atoms in total. The number of aliphatic hydroxyl groups excluding tert-OH is 1. The Morgan fingerprint density at radius 2 is 1.82 bits per heavy atom. The van der Waals surface area contributed by atoms with Crippen LogP contribution in [0.5, 0.6) is 0 Å². The van der Waals surface area contributed by atoms with Crippen molar-refractivity contribution in [3.05, 3.63) is 41.9 Å². The quantitative estimate of drug-likeness (QED) is 0.595. The number of aryl methyl sites for hydroxylation is 1. The summed E-state index contributed by atoms with van der Waals surface area (Å²) in [5.41, 5.74) is 2.01. The Bertz CT molecular complexity index is 1040. The van der Waals surface area contributed by atoms with E-state index in [0.717, 1.165) is 16.8 Å². The summed E-state index contributed by atoms with van der Waals surface area (Å²) in [5.74, 6) is -0.349. The fourth-order valence-corrected chi connectivity index (χ4v) is 4.22. The number of aromatic nitrogens is 1. The molecule has 3 amide bonds. The van der Waals surface area contributed by atoms with E-state index in [1.165, 1.54) is 18.2 Å². The first-order valence-electron chi connectivity index (χ1n) is 11.4. The van der Waals surface area contributed by atoms with Crippen molar-refractivity contribution in [1.29, 1.82) is 0 Å². The Morgan fingerprint density at radius 3 is 2.35 bits per heavy atom. The molecule has 1 aliphatic heterocycles. The molecule has 184 valence electrons. The van der Waals surface area contributed by atoms with Gasteiger partial charge in [-0.3, -0.25) is 14.4 Å². The van der Waals surface area contributed by atoms with Crippen molar-refractivity contribution >= 4 is 17.7 Å². The molecule has 0 radical (unpaired) electrons. The number of nitrogens with zero attached hydrogens (tertiary/aromatic N) is 2. The van der Waals surface area contributed by atoms with Crippen molar-refractivity contribution in [2.75, 3.05) is 6.54 Å². The maximum Gasteiger partial charge on any atom is 0.246 e. The minimum Gasteiger partial charge on any atom is -0.443 e. The van der Waals surface area contributed by atoms with Crippen LogP contribution in [0.2, 0.25) is 0 Å². The molecule has 4 unspecified atom stereocenters. The largest absolute Gasteiger partial charge is 0.443 e. The van der Waals surface area contributed by atoms with Crippen LogP contribution in [-0.4, -0.2) is 57.4 Å². The molecule has 4 atom stereocenters. The molecule has 1 aliphatic rings. The molecule has 3 N–H and O–H groups in total. The van der Waals surface area contributed by atoms with Crippen LogP contribution >= 0.6 is 0 Å². The number of rotatable bonds is 6. The monoisotopic (exact) mass is 470 g/mol. The lowest BCUT2D eigenvalue weighted by atomic mass is 9.85. The van der Waals surface area contributed by atoms with Gasteiger partial charge >= 0.3 is 0 Å². The number of nitrogens with one attached hydrogen (secondary N) is 2. The maximum atomic E-state index is 13.3. The number of benzene rings is 1. The molecule has 3 rings (SSSR count). The fraction of sp³-hybridized carbons (Fsp3) is 0.520. The van der Waals surface area contributed by atoms with Crippen LogP contribution in [0.4, 0.5) is 0 Å². The Morgan fingerprint density at radius 1 is 1.18 bits per heavy atom. The van der Waals surface area contributed by atoms with E-state index in [1.807, 2.05) is 58.9 Å². The van der Waals surface area contributed by atoms with E-state index >= 15 is 0 Å². The zero-order valence-corrected chi connectivity index (χ0v) is 20.6. The summed E-state index contributed by atoms with van der Waals surface area (Å²) in [6.07, 6.45) is 0.739. The number of carbonyl (C=O) groups excluding carboxylic acids is 3. The molecule has 9 heteroatoms. The Hall–Kier alpha value is -3.20. The van der Waals surface area contributed by atoms with Gasteiger partial charge in [0.15, 0.2) is 12.2 Å². The molecule has 0 bridgehead atoms. The van der Waals surface area contributed by atoms with Gasteiger partial charge < -0.3 is 25.1 Å². The average Bonchev–Trinajstić information content (AvgIpc) is 3.36. The summed E-state index contributed by atoms with van der Waals surface area (Å²) in [6, 6.07) is 5.67. The van der Waals surface area contributed by atoms with Crippen molar-refractivity contribution in [3.8, 4) is 11.3 Å². The van der Waals surface area contributed by atoms with Gasteiger partial charge in [-0.25, -0.2) is 4.98 Å². The van der Waals surface area contributed by atoms with Gasteiger partial charge in [0, 0.05) is 25.5 Å². The highest BCUT2D eigenvalue weighted by atomic mass is 16.3. The molecule has 34 heavy (non-hydrogen) atoms. The van der Waals surface area contributed by atoms with E-state index in [9.17, 15) is 19.5 Å². The van der Waals surface area contributed by atoms with Gasteiger partial charge in [-0.15, -0.1) is 0 Å². The number of aliphatic hydroxyl groups is 1. The molecule has 2 heterocycles. The van der Waals surface area contributed by atoms with Gasteiger partial charge in [-0.2, -0.15) is 0 Å². The molecule has 2 aromatic rings. The van der Waals surface area contributed by atoms with E-state index < -0.39 is 23.6 Å². The zero-order chi connectivity index (χ0) is 25.2. The summed E-state index contributed by atoms with van der Waals surface area (Å²) in [4.78, 5) is 43.7. The molecule has 1 aromatic heterocycles. The number of oxazole rings is 1. The van der Waals surface area contributed by atoms with E-state index in [0.29, 0.717) is 5.76 Å². The fourth-order valence-electron chi connectivity index (χ4n) is 4.22. The first-order valence-corrected chi connectivity index (χ1v) is 11.4. The van der Waals surface area contributed by atoms with Crippen LogP contribution in [-0.2, 0) is 14.4 Å². The van der Waals surface area contributed by atoms with Gasteiger partial charge in [0.05, 0.1) is 17.8 Å². The predicted octanol–water partition coefficient (Wildman–Crippen LogP) is 2.34. The van der Waals surface area contributed by atoms with Crippen molar-refractivity contribution in [1.82, 2.24) is 20.5 Å². The second kappa shape index (κ2) is 9.97. The van der Waals surface area contributed by atoms with Crippen molar-refractivity contribution in [2.45, 2.75) is 72.2 Å². The second-order valence-electron chi connectivity index (χ2n) is 10.0. The molecule has 1 fully saturated rings. The number of likely N-dealkylation sites (tertiary alicyclic amines) is 1. The lowest BCUT2D eigenvalue weighted by Crippen LogP contribution is -2.57. The third-order valence-electron chi connectivity index (χ3n) is 6.10. The third kappa shape index (κ3) is 5.64. The highest BCUT2D eigenvalue weighted by Gasteiger charge is 2.44. The molecule has 1 saturated heterocycles. The summed E-state index contributed by atoms with van der Waals surface area (Å²) in [7, 11) is 0. The number of hydrogen-bond acceptors (Lipinski definition) is 6. The van der Waals surface area contributed by atoms with Crippen LogP contribution in [0.25, 0.3) is 11.3 Å². The van der Waals surface area contributed by atoms with Crippen LogP contribution in [0, 0.1) is 12.3 Å². The van der Waals surface area contributed by atoms with E-state index in [1.54, 1.807) is 0 Å². The number of hydrogen-bond donors (Lipinski definition) is 3. The minimum absolute atomic E-state index is 0.0443. The zero-order valence-electron chi connectivity index (χ0n) is 20.6. The van der Waals surface area contributed by atoms with E-state index in [-0.39, 0.29) is 36.7 Å². The van der Waals surface area contributed by atoms with Gasteiger partial charge in [0.2, 0.25) is 17.7 Å². The standard InChI is InChI=1S/C25H34N4O5/c1-14(17-7-9-18(10-8-17)21-15(2)26-13-34-21)27-23(32)20-11-19(31)12-29(20)24(33)22(25(4,5)6)28-16(3)30/h7-10,13-14,19-20,22,31H,11-12H2,1-6H3,(H,27,32)(H,28,30). The smallest absolute Gasteiger partial charge is 0.246 e. The number of amides is 3. The summed E-state index contributed by atoms with van der Waals surface area (Å²) < 4.78 is 5.43. The molecule has 0 spiro atoms. The summed E-state index contributed by atoms with van der Waals surface area (Å²) in [5, 5.41) is 15.9. The van der Waals surface area contributed by atoms with Gasteiger partial charge in [-0.05, 0) is 24.8 Å². The van der Waals surface area contributed by atoms with Crippen molar-refractivity contribution in [3.63, 3.8) is 0 Å². The molecule has 0 saturated carbocycles. The second-order valence-corrected chi connectivity index (χ2v) is 10.0. The maximum absolute atomic E-state index is 13.3. The molecule has 0 aliphatic carbocycles. The predicted molar refractivity (Wildman–Crippen MR) is 126 cm³/mol. The van der Waals surface area contributed by atoms with E-state index in [4.69, 9.17) is 4.42 Å². The topological polar surface area (TPSA) is 125 Å². The summed E-state index contributed by atoms with van der Waals surface area (Å²) in [6.45, 7) is 10.7. The lowest BCUT2D eigenvalue weighted by molar-refractivity contribution is -0.144. The van der Waals surface area contributed by atoms with Gasteiger partial charge in [0.1, 0.15) is 12.1 Å². The molecule has 1 aromatic carbocycles.